The number of amides is 1. The Bertz CT molecular complexity index is 414. The topological polar surface area (TPSA) is 89.3 Å². The van der Waals surface area contributed by atoms with E-state index < -0.39 is 11.7 Å². The Morgan fingerprint density at radius 3 is 3.00 bits per heavy atom. The van der Waals surface area contributed by atoms with Crippen molar-refractivity contribution in [3.05, 3.63) is 23.6 Å². The van der Waals surface area contributed by atoms with Gasteiger partial charge in [-0.25, -0.2) is 15.2 Å². The summed E-state index contributed by atoms with van der Waals surface area (Å²) >= 11 is 0. The lowest BCUT2D eigenvalue weighted by molar-refractivity contribution is 0.0925. The molecule has 0 aliphatic rings. The molecule has 1 aromatic rings. The summed E-state index contributed by atoms with van der Waals surface area (Å²) in [5.41, 5.74) is 2.00. The molecule has 0 saturated carbocycles. The van der Waals surface area contributed by atoms with Gasteiger partial charge in [0.2, 0.25) is 0 Å². The van der Waals surface area contributed by atoms with E-state index in [4.69, 9.17) is 10.6 Å². The summed E-state index contributed by atoms with van der Waals surface area (Å²) in [5.74, 6) is 3.65. The first-order valence-corrected chi connectivity index (χ1v) is 5.51. The number of hydrogen-bond donors (Lipinski definition) is 3. The summed E-state index contributed by atoms with van der Waals surface area (Å²) in [6.07, 6.45) is 1.96. The van der Waals surface area contributed by atoms with Crippen LogP contribution in [0.25, 0.3) is 0 Å². The van der Waals surface area contributed by atoms with E-state index in [9.17, 15) is 9.18 Å². The first-order chi connectivity index (χ1) is 8.60. The number of nitrogens with two attached hydrogens (primary N) is 1. The molecule has 1 unspecified atom stereocenters. The molecular weight excluding hydrogens is 239 g/mol. The minimum absolute atomic E-state index is 0.0952. The molecule has 1 heterocycles. The van der Waals surface area contributed by atoms with Crippen LogP contribution in [0.2, 0.25) is 0 Å². The number of carbonyl (C=O) groups excluding carboxylic acids is 1. The second-order valence-electron chi connectivity index (χ2n) is 3.82. The van der Waals surface area contributed by atoms with Crippen LogP contribution in [0.4, 0.5) is 10.2 Å². The Kier molecular flexibility index (Phi) is 5.47. The van der Waals surface area contributed by atoms with Gasteiger partial charge in [0.15, 0.2) is 11.6 Å². The summed E-state index contributed by atoms with van der Waals surface area (Å²) in [6.45, 7) is 2.34. The molecule has 4 N–H and O–H groups in total. The smallest absolute Gasteiger partial charge is 0.254 e. The third kappa shape index (κ3) is 3.64. The van der Waals surface area contributed by atoms with Gasteiger partial charge in [0.25, 0.3) is 5.91 Å². The molecule has 1 atom stereocenters. The molecule has 1 rings (SSSR count). The number of carbonyl (C=O) groups is 1. The number of nitrogens with one attached hydrogen (secondary N) is 2. The van der Waals surface area contributed by atoms with Gasteiger partial charge < -0.3 is 15.5 Å². The third-order valence-electron chi connectivity index (χ3n) is 2.40. The number of methoxy groups -OCH3 is 1. The summed E-state index contributed by atoms with van der Waals surface area (Å²) in [7, 11) is 1.58. The third-order valence-corrected chi connectivity index (χ3v) is 2.40. The standard InChI is InChI=1S/C11H17FN4O2/c1-7(4-6-18-2)15-11(17)8-3-5-14-10(16-13)9(8)12/h3,5,7H,4,6,13H2,1-2H3,(H,14,16)(H,15,17). The van der Waals surface area contributed by atoms with E-state index in [0.29, 0.717) is 13.0 Å². The van der Waals surface area contributed by atoms with Crippen LogP contribution in [0.1, 0.15) is 23.7 Å². The van der Waals surface area contributed by atoms with E-state index in [1.165, 1.54) is 12.3 Å². The lowest BCUT2D eigenvalue weighted by atomic mass is 10.2. The van der Waals surface area contributed by atoms with Crippen LogP contribution in [0.15, 0.2) is 12.3 Å². The largest absolute Gasteiger partial charge is 0.385 e. The highest BCUT2D eigenvalue weighted by molar-refractivity contribution is 5.95. The summed E-state index contributed by atoms with van der Waals surface area (Å²) in [4.78, 5) is 15.5. The first-order valence-electron chi connectivity index (χ1n) is 5.51. The van der Waals surface area contributed by atoms with Gasteiger partial charge in [-0.15, -0.1) is 0 Å². The second-order valence-corrected chi connectivity index (χ2v) is 3.82. The summed E-state index contributed by atoms with van der Waals surface area (Å²) in [5, 5.41) is 2.67. The van der Waals surface area contributed by atoms with E-state index in [-0.39, 0.29) is 17.4 Å². The fourth-order valence-corrected chi connectivity index (χ4v) is 1.39. The van der Waals surface area contributed by atoms with Crippen molar-refractivity contribution in [2.45, 2.75) is 19.4 Å². The zero-order chi connectivity index (χ0) is 13.5. The number of ether oxygens (including phenoxy) is 1. The quantitative estimate of drug-likeness (QED) is 0.514. The molecular formula is C11H17FN4O2. The molecule has 0 aliphatic heterocycles. The number of hydrazine groups is 1. The highest BCUT2D eigenvalue weighted by Gasteiger charge is 2.17. The number of pyridine rings is 1. The first kappa shape index (κ1) is 14.3. The van der Waals surface area contributed by atoms with Gasteiger partial charge in [0.05, 0.1) is 5.56 Å². The van der Waals surface area contributed by atoms with Crippen LogP contribution in [-0.4, -0.2) is 30.6 Å². The van der Waals surface area contributed by atoms with Crippen molar-refractivity contribution >= 4 is 11.7 Å². The fourth-order valence-electron chi connectivity index (χ4n) is 1.39. The Labute approximate surface area is 105 Å². The normalized spacial score (nSPS) is 12.0. The highest BCUT2D eigenvalue weighted by atomic mass is 19.1. The molecule has 0 bridgehead atoms. The average Bonchev–Trinajstić information content (AvgIpc) is 2.36. The molecule has 0 radical (unpaired) electrons. The number of nitrogen functional groups attached to an aromatic ring is 1. The van der Waals surface area contributed by atoms with Crippen LogP contribution in [0.3, 0.4) is 0 Å². The highest BCUT2D eigenvalue weighted by Crippen LogP contribution is 2.14. The molecule has 0 fully saturated rings. The van der Waals surface area contributed by atoms with Gasteiger partial charge in [-0.05, 0) is 19.4 Å². The zero-order valence-electron chi connectivity index (χ0n) is 10.4. The lowest BCUT2D eigenvalue weighted by Gasteiger charge is -2.14. The SMILES string of the molecule is COCCC(C)NC(=O)c1ccnc(NN)c1F. The summed E-state index contributed by atoms with van der Waals surface area (Å²) < 4.78 is 18.6. The van der Waals surface area contributed by atoms with Crippen LogP contribution >= 0.6 is 0 Å². The maximum Gasteiger partial charge on any atom is 0.254 e. The molecule has 100 valence electrons. The van der Waals surface area contributed by atoms with Crippen molar-refractivity contribution < 1.29 is 13.9 Å². The molecule has 0 aliphatic carbocycles. The molecule has 6 nitrogen and oxygen atoms in total. The number of rotatable bonds is 6. The van der Waals surface area contributed by atoms with Crippen LogP contribution < -0.4 is 16.6 Å². The van der Waals surface area contributed by atoms with Gasteiger partial charge in [-0.2, -0.15) is 0 Å². The Morgan fingerprint density at radius 1 is 1.67 bits per heavy atom. The second kappa shape index (κ2) is 6.87. The van der Waals surface area contributed by atoms with E-state index in [1.807, 2.05) is 6.92 Å². The van der Waals surface area contributed by atoms with Gasteiger partial charge in [-0.3, -0.25) is 4.79 Å². The molecule has 1 aromatic heterocycles. The minimum Gasteiger partial charge on any atom is -0.385 e. The molecule has 0 spiro atoms. The van der Waals surface area contributed by atoms with Crippen molar-refractivity contribution in [2.75, 3.05) is 19.1 Å². The number of aromatic nitrogens is 1. The minimum atomic E-state index is -0.767. The van der Waals surface area contributed by atoms with Gasteiger partial charge in [0, 0.05) is 26.0 Å². The molecule has 0 saturated heterocycles. The van der Waals surface area contributed by atoms with Crippen molar-refractivity contribution in [1.29, 1.82) is 0 Å². The number of hydrogen-bond acceptors (Lipinski definition) is 5. The monoisotopic (exact) mass is 256 g/mol. The van der Waals surface area contributed by atoms with Crippen LogP contribution in [0.5, 0.6) is 0 Å². The van der Waals surface area contributed by atoms with Crippen molar-refractivity contribution in [3.63, 3.8) is 0 Å². The van der Waals surface area contributed by atoms with E-state index in [1.54, 1.807) is 7.11 Å². The van der Waals surface area contributed by atoms with Gasteiger partial charge >= 0.3 is 0 Å². The fraction of sp³-hybridized carbons (Fsp3) is 0.455. The van der Waals surface area contributed by atoms with Crippen LogP contribution in [0, 0.1) is 5.82 Å². The van der Waals surface area contributed by atoms with Crippen molar-refractivity contribution in [2.24, 2.45) is 5.84 Å². The average molecular weight is 256 g/mol. The predicted octanol–water partition coefficient (Wildman–Crippen LogP) is 0.661. The molecule has 7 heteroatoms. The van der Waals surface area contributed by atoms with Crippen LogP contribution in [-0.2, 0) is 4.74 Å². The molecule has 18 heavy (non-hydrogen) atoms. The molecule has 0 aromatic carbocycles. The lowest BCUT2D eigenvalue weighted by Crippen LogP contribution is -2.34. The predicted molar refractivity (Wildman–Crippen MR) is 65.4 cm³/mol. The molecule has 1 amide bonds. The van der Waals surface area contributed by atoms with Gasteiger partial charge in [-0.1, -0.05) is 0 Å². The number of nitrogens with zero attached hydrogens (tertiary/aromatic N) is 1. The maximum absolute atomic E-state index is 13.7. The van der Waals surface area contributed by atoms with E-state index in [0.717, 1.165) is 0 Å². The van der Waals surface area contributed by atoms with Crippen molar-refractivity contribution in [3.8, 4) is 0 Å². The van der Waals surface area contributed by atoms with E-state index in [2.05, 4.69) is 15.7 Å². The zero-order valence-corrected chi connectivity index (χ0v) is 10.4. The number of anilines is 1. The van der Waals surface area contributed by atoms with E-state index >= 15 is 0 Å². The summed E-state index contributed by atoms with van der Waals surface area (Å²) in [6, 6.07) is 1.19. The van der Waals surface area contributed by atoms with Gasteiger partial charge in [0.1, 0.15) is 0 Å². The maximum atomic E-state index is 13.7. The number of halogens is 1. The Hall–Kier alpha value is -1.73. The van der Waals surface area contributed by atoms with Crippen molar-refractivity contribution in [1.82, 2.24) is 10.3 Å². The Morgan fingerprint density at radius 2 is 2.39 bits per heavy atom. The Balaban J connectivity index is 2.72.